The maximum atomic E-state index is 5.52. The van der Waals surface area contributed by atoms with Crippen molar-refractivity contribution in [3.8, 4) is 28.4 Å². The molecule has 0 bridgehead atoms. The fraction of sp³-hybridized carbons (Fsp3) is 0.111. The van der Waals surface area contributed by atoms with Gasteiger partial charge in [0.15, 0.2) is 0 Å². The monoisotopic (exact) mass is 670 g/mol. The van der Waals surface area contributed by atoms with Crippen LogP contribution in [0.5, 0.6) is 17.2 Å². The Balaban J connectivity index is 0.000000215. The average Bonchev–Trinajstić information content (AvgIpc) is 3.53. The summed E-state index contributed by atoms with van der Waals surface area (Å²) in [5.74, 6) is 2.38. The van der Waals surface area contributed by atoms with Crippen LogP contribution in [0.2, 0.25) is 0 Å². The number of methoxy groups -OCH3 is 3. The summed E-state index contributed by atoms with van der Waals surface area (Å²) >= 11 is 0. The zero-order valence-electron chi connectivity index (χ0n) is 23.9. The van der Waals surface area contributed by atoms with Gasteiger partial charge in [0.05, 0.1) is 27.1 Å². The van der Waals surface area contributed by atoms with E-state index < -0.39 is 0 Å². The normalized spacial score (nSPS) is 10.3. The van der Waals surface area contributed by atoms with Gasteiger partial charge in [-0.15, -0.1) is 62.3 Å². The first kappa shape index (κ1) is 33.2. The predicted molar refractivity (Wildman–Crippen MR) is 164 cm³/mol. The molecule has 0 aromatic heterocycles. The van der Waals surface area contributed by atoms with Crippen molar-refractivity contribution in [3.05, 3.63) is 115 Å². The minimum atomic E-state index is 0. The average molecular weight is 673 g/mol. The van der Waals surface area contributed by atoms with Crippen molar-refractivity contribution in [3.63, 3.8) is 0 Å². The molecule has 0 saturated heterocycles. The molecule has 0 radical (unpaired) electrons. The Hall–Kier alpha value is -3.30. The first-order valence-electron chi connectivity index (χ1n) is 13.0. The molecule has 0 fully saturated rings. The van der Waals surface area contributed by atoms with Crippen molar-refractivity contribution in [2.75, 3.05) is 21.3 Å². The van der Waals surface area contributed by atoms with Crippen LogP contribution in [0.25, 0.3) is 54.2 Å². The molecular weight excluding hydrogens is 643 g/mol. The molecule has 7 rings (SSSR count). The van der Waals surface area contributed by atoms with Crippen molar-refractivity contribution in [1.82, 2.24) is 0 Å². The molecule has 0 N–H and O–H groups in total. The summed E-state index contributed by atoms with van der Waals surface area (Å²) in [4.78, 5) is 0. The molecule has 0 saturated carbocycles. The predicted octanol–water partition coefficient (Wildman–Crippen LogP) is 3.43. The molecule has 0 spiro atoms. The zero-order chi connectivity index (χ0) is 26.9. The summed E-state index contributed by atoms with van der Waals surface area (Å²) in [5, 5.41) is 9.82. The number of rotatable bonds is 4. The Labute approximate surface area is 278 Å². The third kappa shape index (κ3) is 5.95. The van der Waals surface area contributed by atoms with Gasteiger partial charge >= 0.3 is 26.2 Å². The number of halogens is 2. The van der Waals surface area contributed by atoms with E-state index in [4.69, 9.17) is 14.2 Å². The van der Waals surface area contributed by atoms with Gasteiger partial charge in [-0.25, -0.2) is 0 Å². The van der Waals surface area contributed by atoms with Crippen LogP contribution in [0.15, 0.2) is 109 Å². The molecule has 7 aromatic rings. The first-order valence-corrected chi connectivity index (χ1v) is 13.0. The van der Waals surface area contributed by atoms with Crippen molar-refractivity contribution in [2.24, 2.45) is 0 Å². The van der Waals surface area contributed by atoms with Gasteiger partial charge in [-0.2, -0.15) is 0 Å². The van der Waals surface area contributed by atoms with E-state index in [0.29, 0.717) is 0 Å². The molecule has 7 aromatic carbocycles. The Morgan fingerprint density at radius 3 is 2.00 bits per heavy atom. The van der Waals surface area contributed by atoms with Crippen LogP contribution in [-0.4, -0.2) is 21.3 Å². The van der Waals surface area contributed by atoms with Gasteiger partial charge in [0, 0.05) is 0 Å². The Bertz CT molecular complexity index is 1950. The standard InChI is InChI=1S/C20H15.C16H15O3.2ClH.Zr/c1-14-17-10-4-3-8-16(17)13-20(14)19-12-6-9-15-7-2-5-11-18(15)19;1-17-12-5-6-13-11(9-12)8-10-4-7-14(18-2)16(19-3)15(10)13;;;/h2-13H,1H3;4-9H,1-3H3;2*1H;/q2*-1;;;+4/p-2. The quantitative estimate of drug-likeness (QED) is 0.269. The smallest absolute Gasteiger partial charge is 1.00 e. The molecule has 0 aliphatic rings. The summed E-state index contributed by atoms with van der Waals surface area (Å²) in [6.07, 6.45) is 0. The van der Waals surface area contributed by atoms with Gasteiger partial charge in [0.25, 0.3) is 0 Å². The van der Waals surface area contributed by atoms with E-state index in [1.807, 2.05) is 24.3 Å². The zero-order valence-corrected chi connectivity index (χ0v) is 27.8. The topological polar surface area (TPSA) is 27.7 Å². The molecule has 0 aliphatic heterocycles. The van der Waals surface area contributed by atoms with E-state index >= 15 is 0 Å². The number of ether oxygens (including phenoxy) is 3. The fourth-order valence-corrected chi connectivity index (χ4v) is 5.64. The van der Waals surface area contributed by atoms with Crippen LogP contribution in [-0.2, 0) is 26.2 Å². The molecule has 0 amide bonds. The van der Waals surface area contributed by atoms with Gasteiger partial charge in [-0.05, 0) is 22.9 Å². The Morgan fingerprint density at radius 2 is 1.29 bits per heavy atom. The molecule has 0 aliphatic carbocycles. The van der Waals surface area contributed by atoms with Crippen molar-refractivity contribution >= 4 is 43.1 Å². The van der Waals surface area contributed by atoms with E-state index in [0.717, 1.165) is 38.8 Å². The molecule has 0 atom stereocenters. The van der Waals surface area contributed by atoms with E-state index in [-0.39, 0.29) is 51.0 Å². The molecule has 210 valence electrons. The first-order chi connectivity index (χ1) is 19.1. The fourth-order valence-electron chi connectivity index (χ4n) is 5.64. The second kappa shape index (κ2) is 14.2. The maximum absolute atomic E-state index is 5.52. The SMILES string of the molecule is COc1ccc2c(c1)[cH-]c1ccc(OC)c(OC)c12.Cc1c(-c2cccc3ccccc23)[cH-]c2ccccc12.[Cl-].[Cl-].[Zr+4]. The largest absolute Gasteiger partial charge is 4.00 e. The van der Waals surface area contributed by atoms with Gasteiger partial charge in [0.2, 0.25) is 0 Å². The van der Waals surface area contributed by atoms with Gasteiger partial charge < -0.3 is 39.0 Å². The summed E-state index contributed by atoms with van der Waals surface area (Å²) in [7, 11) is 4.99. The molecular formula is C36H30Cl2O3Zr. The van der Waals surface area contributed by atoms with Gasteiger partial charge in [0.1, 0.15) is 11.5 Å². The van der Waals surface area contributed by atoms with Crippen LogP contribution in [0.1, 0.15) is 5.56 Å². The third-order valence-electron chi connectivity index (χ3n) is 7.57. The van der Waals surface area contributed by atoms with Crippen molar-refractivity contribution < 1.29 is 65.2 Å². The summed E-state index contributed by atoms with van der Waals surface area (Å²) in [6, 6.07) is 38.2. The van der Waals surface area contributed by atoms with Crippen LogP contribution in [0.4, 0.5) is 0 Å². The minimum absolute atomic E-state index is 0. The Morgan fingerprint density at radius 1 is 0.571 bits per heavy atom. The number of hydrogen-bond acceptors (Lipinski definition) is 3. The second-order valence-corrected chi connectivity index (χ2v) is 9.66. The summed E-state index contributed by atoms with van der Waals surface area (Å²) < 4.78 is 16.1. The number of fused-ring (bicyclic) bond motifs is 5. The van der Waals surface area contributed by atoms with Crippen LogP contribution < -0.4 is 39.0 Å². The van der Waals surface area contributed by atoms with Gasteiger partial charge in [-0.3, -0.25) is 0 Å². The van der Waals surface area contributed by atoms with Crippen LogP contribution in [0, 0.1) is 6.92 Å². The van der Waals surface area contributed by atoms with E-state index in [1.54, 1.807) is 21.3 Å². The molecule has 6 heteroatoms. The molecule has 42 heavy (non-hydrogen) atoms. The third-order valence-corrected chi connectivity index (χ3v) is 7.57. The number of hydrogen-bond donors (Lipinski definition) is 0. The molecule has 3 nitrogen and oxygen atoms in total. The number of benzene rings is 5. The van der Waals surface area contributed by atoms with Crippen LogP contribution >= 0.6 is 0 Å². The van der Waals surface area contributed by atoms with Gasteiger partial charge in [-0.1, -0.05) is 90.7 Å². The van der Waals surface area contributed by atoms with Crippen LogP contribution in [0.3, 0.4) is 0 Å². The van der Waals surface area contributed by atoms with E-state index in [1.165, 1.54) is 38.2 Å². The van der Waals surface area contributed by atoms with E-state index in [9.17, 15) is 0 Å². The Kier molecular flexibility index (Phi) is 11.3. The summed E-state index contributed by atoms with van der Waals surface area (Å²) in [5.41, 5.74) is 4.05. The molecule has 0 heterocycles. The number of aryl methyl sites for hydroxylation is 1. The van der Waals surface area contributed by atoms with Crippen molar-refractivity contribution in [2.45, 2.75) is 6.92 Å². The van der Waals surface area contributed by atoms with Crippen molar-refractivity contribution in [1.29, 1.82) is 0 Å². The maximum Gasteiger partial charge on any atom is 4.00 e. The second-order valence-electron chi connectivity index (χ2n) is 9.66. The summed E-state index contributed by atoms with van der Waals surface area (Å²) in [6.45, 7) is 2.22. The minimum Gasteiger partial charge on any atom is -1.00 e. The molecule has 0 unspecified atom stereocenters. The van der Waals surface area contributed by atoms with E-state index in [2.05, 4.69) is 91.9 Å².